The van der Waals surface area contributed by atoms with Crippen LogP contribution in [0.3, 0.4) is 0 Å². The first-order chi connectivity index (χ1) is 5.16. The summed E-state index contributed by atoms with van der Waals surface area (Å²) in [6.45, 7) is 0.404. The van der Waals surface area contributed by atoms with Crippen LogP contribution >= 0.6 is 0 Å². The molecule has 64 valence electrons. The Labute approximate surface area is 61.2 Å². The molecular formula is C4H6O7. The van der Waals surface area contributed by atoms with Crippen molar-refractivity contribution in [1.29, 1.82) is 0 Å². The van der Waals surface area contributed by atoms with E-state index < -0.39 is 18.5 Å². The van der Waals surface area contributed by atoms with Gasteiger partial charge in [0.05, 0.1) is 0 Å². The molecule has 1 N–H and O–H groups in total. The van der Waals surface area contributed by atoms with Crippen LogP contribution in [-0.4, -0.2) is 23.8 Å². The molecule has 0 unspecified atom stereocenters. The SMILES string of the molecule is CC(=O)OC(=O)COOOO. The fourth-order valence-corrected chi connectivity index (χ4v) is 0.283. The molecule has 0 saturated heterocycles. The third kappa shape index (κ3) is 6.87. The Morgan fingerprint density at radius 3 is 2.55 bits per heavy atom. The molecule has 0 aromatic carbocycles. The number of hydrogen-bond acceptors (Lipinski definition) is 7. The summed E-state index contributed by atoms with van der Waals surface area (Å²) in [7, 11) is 0. The predicted octanol–water partition coefficient (Wildman–Crippen LogP) is -0.571. The summed E-state index contributed by atoms with van der Waals surface area (Å²) in [5, 5.41) is 13.9. The first-order valence-electron chi connectivity index (χ1n) is 2.47. The van der Waals surface area contributed by atoms with Crippen LogP contribution in [0.4, 0.5) is 0 Å². The van der Waals surface area contributed by atoms with E-state index in [9.17, 15) is 9.59 Å². The zero-order valence-electron chi connectivity index (χ0n) is 5.60. The maximum Gasteiger partial charge on any atom is 0.343 e. The van der Waals surface area contributed by atoms with Crippen molar-refractivity contribution < 1.29 is 34.5 Å². The Balaban J connectivity index is 3.30. The van der Waals surface area contributed by atoms with Gasteiger partial charge in [0.2, 0.25) is 0 Å². The van der Waals surface area contributed by atoms with Crippen molar-refractivity contribution in [2.45, 2.75) is 6.92 Å². The van der Waals surface area contributed by atoms with Crippen LogP contribution in [0.1, 0.15) is 6.92 Å². The molecule has 0 amide bonds. The topological polar surface area (TPSA) is 91.3 Å². The molecule has 0 heterocycles. The van der Waals surface area contributed by atoms with Gasteiger partial charge in [-0.25, -0.2) is 10.1 Å². The first-order valence-corrected chi connectivity index (χ1v) is 2.47. The summed E-state index contributed by atoms with van der Waals surface area (Å²) >= 11 is 0. The maximum absolute atomic E-state index is 10.3. The molecule has 0 atom stereocenters. The molecule has 0 rings (SSSR count). The van der Waals surface area contributed by atoms with Gasteiger partial charge in [-0.1, -0.05) is 0 Å². The van der Waals surface area contributed by atoms with E-state index in [0.717, 1.165) is 6.92 Å². The third-order valence-electron chi connectivity index (χ3n) is 0.513. The fourth-order valence-electron chi connectivity index (χ4n) is 0.283. The van der Waals surface area contributed by atoms with Gasteiger partial charge in [-0.3, -0.25) is 4.79 Å². The molecule has 11 heavy (non-hydrogen) atoms. The second-order valence-electron chi connectivity index (χ2n) is 1.37. The number of ether oxygens (including phenoxy) is 1. The minimum Gasteiger partial charge on any atom is -0.392 e. The van der Waals surface area contributed by atoms with Gasteiger partial charge in [-0.05, 0) is 10.1 Å². The Morgan fingerprint density at radius 1 is 1.45 bits per heavy atom. The van der Waals surface area contributed by atoms with E-state index in [1.54, 1.807) is 0 Å². The predicted molar refractivity (Wildman–Crippen MR) is 27.5 cm³/mol. The zero-order chi connectivity index (χ0) is 8.69. The molecule has 7 nitrogen and oxygen atoms in total. The smallest absolute Gasteiger partial charge is 0.343 e. The number of hydrogen-bond donors (Lipinski definition) is 1. The standard InChI is InChI=1S/C4H6O7/c1-3(5)9-4(6)2-8-11-10-7/h7H,2H2,1H3. The number of carbonyl (C=O) groups is 2. The van der Waals surface area contributed by atoms with Crippen LogP contribution < -0.4 is 0 Å². The van der Waals surface area contributed by atoms with Gasteiger partial charge in [0, 0.05) is 6.92 Å². The van der Waals surface area contributed by atoms with Crippen LogP contribution in [0.15, 0.2) is 0 Å². The number of esters is 2. The number of rotatable bonds is 4. The number of carbonyl (C=O) groups excluding carboxylic acids is 2. The van der Waals surface area contributed by atoms with Crippen LogP contribution in [-0.2, 0) is 29.3 Å². The van der Waals surface area contributed by atoms with E-state index in [2.05, 4.69) is 19.7 Å². The van der Waals surface area contributed by atoms with Crippen molar-refractivity contribution in [3.63, 3.8) is 0 Å². The van der Waals surface area contributed by atoms with Gasteiger partial charge < -0.3 is 4.74 Å². The Hall–Kier alpha value is -1.02. The monoisotopic (exact) mass is 166 g/mol. The van der Waals surface area contributed by atoms with Crippen molar-refractivity contribution in [3.8, 4) is 0 Å². The maximum atomic E-state index is 10.3. The average molecular weight is 166 g/mol. The summed E-state index contributed by atoms with van der Waals surface area (Å²) < 4.78 is 3.98. The van der Waals surface area contributed by atoms with Gasteiger partial charge in [-0.15, -0.1) is 0 Å². The molecular weight excluding hydrogens is 160 g/mol. The lowest BCUT2D eigenvalue weighted by molar-refractivity contribution is -0.621. The summed E-state index contributed by atoms with van der Waals surface area (Å²) in [6.07, 6.45) is 0. The molecule has 0 fully saturated rings. The highest BCUT2D eigenvalue weighted by Crippen LogP contribution is 1.83. The van der Waals surface area contributed by atoms with E-state index in [1.165, 1.54) is 0 Å². The highest BCUT2D eigenvalue weighted by molar-refractivity contribution is 5.84. The van der Waals surface area contributed by atoms with E-state index in [0.29, 0.717) is 0 Å². The molecule has 0 aliphatic rings. The quantitative estimate of drug-likeness (QED) is 0.196. The molecule has 0 aromatic rings. The second kappa shape index (κ2) is 5.74. The van der Waals surface area contributed by atoms with Crippen molar-refractivity contribution in [2.24, 2.45) is 0 Å². The summed E-state index contributed by atoms with van der Waals surface area (Å²) in [5.74, 6) is -1.71. The fraction of sp³-hybridized carbons (Fsp3) is 0.500. The largest absolute Gasteiger partial charge is 0.392 e. The summed E-state index contributed by atoms with van der Waals surface area (Å²) in [5.41, 5.74) is 0. The van der Waals surface area contributed by atoms with Crippen molar-refractivity contribution >= 4 is 11.9 Å². The summed E-state index contributed by atoms with van der Waals surface area (Å²) in [4.78, 5) is 24.3. The van der Waals surface area contributed by atoms with Gasteiger partial charge in [0.25, 0.3) is 0 Å². The van der Waals surface area contributed by atoms with E-state index in [1.807, 2.05) is 0 Å². The van der Waals surface area contributed by atoms with Crippen LogP contribution in [0, 0.1) is 0 Å². The van der Waals surface area contributed by atoms with E-state index >= 15 is 0 Å². The van der Waals surface area contributed by atoms with Crippen molar-refractivity contribution in [2.75, 3.05) is 6.61 Å². The highest BCUT2D eigenvalue weighted by Gasteiger charge is 2.06. The first kappa shape index (κ1) is 9.98. The normalized spacial score (nSPS) is 9.27. The molecule has 0 aliphatic heterocycles. The van der Waals surface area contributed by atoms with Crippen LogP contribution in [0.25, 0.3) is 0 Å². The third-order valence-corrected chi connectivity index (χ3v) is 0.513. The van der Waals surface area contributed by atoms with Crippen molar-refractivity contribution in [3.05, 3.63) is 0 Å². The molecule has 0 saturated carbocycles. The lowest BCUT2D eigenvalue weighted by Gasteiger charge is -1.97. The highest BCUT2D eigenvalue weighted by atomic mass is 17.6. The molecule has 0 radical (unpaired) electrons. The second-order valence-corrected chi connectivity index (χ2v) is 1.37. The molecule has 0 spiro atoms. The Kier molecular flexibility index (Phi) is 5.21. The lowest BCUT2D eigenvalue weighted by Crippen LogP contribution is -2.15. The minimum atomic E-state index is -0.949. The minimum absolute atomic E-state index is 0.653. The van der Waals surface area contributed by atoms with Gasteiger partial charge >= 0.3 is 11.9 Å². The Bertz CT molecular complexity index is 141. The Morgan fingerprint density at radius 2 is 2.09 bits per heavy atom. The van der Waals surface area contributed by atoms with Gasteiger partial charge in [0.1, 0.15) is 0 Å². The average Bonchev–Trinajstić information content (AvgIpc) is 1.86. The van der Waals surface area contributed by atoms with Crippen LogP contribution in [0.5, 0.6) is 0 Å². The molecule has 0 aromatic heterocycles. The molecule has 7 heteroatoms. The van der Waals surface area contributed by atoms with E-state index in [4.69, 9.17) is 5.26 Å². The zero-order valence-corrected chi connectivity index (χ0v) is 5.60. The van der Waals surface area contributed by atoms with Crippen molar-refractivity contribution in [1.82, 2.24) is 0 Å². The lowest BCUT2D eigenvalue weighted by atomic mass is 10.7. The van der Waals surface area contributed by atoms with Gasteiger partial charge in [0.15, 0.2) is 6.61 Å². The molecule has 0 aliphatic carbocycles. The summed E-state index contributed by atoms with van der Waals surface area (Å²) in [6, 6.07) is 0. The van der Waals surface area contributed by atoms with Gasteiger partial charge in [-0.2, -0.15) is 4.89 Å². The van der Waals surface area contributed by atoms with Crippen LogP contribution in [0.2, 0.25) is 0 Å². The molecule has 0 bridgehead atoms. The van der Waals surface area contributed by atoms with E-state index in [-0.39, 0.29) is 0 Å².